The number of thioether (sulfide) groups is 1. The van der Waals surface area contributed by atoms with Crippen molar-refractivity contribution in [3.05, 3.63) is 107 Å². The Morgan fingerprint density at radius 2 is 1.73 bits per heavy atom. The molecule has 0 aliphatic carbocycles. The third-order valence-corrected chi connectivity index (χ3v) is 6.65. The fourth-order valence-corrected chi connectivity index (χ4v) is 4.43. The minimum atomic E-state index is -1.05. The van der Waals surface area contributed by atoms with Crippen molar-refractivity contribution in [2.45, 2.75) is 19.4 Å². The number of hydrogen-bond donors (Lipinski definition) is 2. The number of carboxylic acid groups (broad SMARTS) is 1. The average molecular weight is 548 g/mol. The van der Waals surface area contributed by atoms with Gasteiger partial charge in [-0.1, -0.05) is 54.6 Å². The zero-order chi connectivity index (χ0) is 27.6. The Hall–Kier alpha value is -3.83. The number of para-hydroxylation sites is 1. The molecule has 7 nitrogen and oxygen atoms in total. The Morgan fingerprint density at radius 1 is 0.975 bits per heavy atom. The first-order chi connectivity index (χ1) is 18.9. The van der Waals surface area contributed by atoms with Crippen LogP contribution in [0.25, 0.3) is 23.3 Å². The Bertz CT molecular complexity index is 1470. The van der Waals surface area contributed by atoms with Crippen LogP contribution in [0.3, 0.4) is 0 Å². The topological polar surface area (TPSA) is 101 Å². The molecule has 0 spiro atoms. The third-order valence-electron chi connectivity index (χ3n) is 6.01. The Morgan fingerprint density at radius 3 is 2.40 bits per heavy atom. The van der Waals surface area contributed by atoms with E-state index >= 15 is 0 Å². The van der Waals surface area contributed by atoms with Crippen molar-refractivity contribution in [1.29, 1.82) is 0 Å². The summed E-state index contributed by atoms with van der Waals surface area (Å²) in [5.74, 6) is 0.246. The van der Waals surface area contributed by atoms with Crippen LogP contribution in [0.5, 0.6) is 11.6 Å². The molecule has 0 aliphatic heterocycles. The van der Waals surface area contributed by atoms with Crippen LogP contribution in [0.15, 0.2) is 84.9 Å². The Labute approximate surface area is 251 Å². The number of carbonyl (C=O) groups is 2. The summed E-state index contributed by atoms with van der Waals surface area (Å²) in [5, 5.41) is 20.6. The van der Waals surface area contributed by atoms with Crippen LogP contribution in [0.4, 0.5) is 0 Å². The molecule has 1 aromatic heterocycles. The van der Waals surface area contributed by atoms with Gasteiger partial charge in [0.25, 0.3) is 5.91 Å². The fraction of sp³-hybridized carbons (Fsp3) is 0.161. The molecule has 40 heavy (non-hydrogen) atoms. The van der Waals surface area contributed by atoms with Gasteiger partial charge in [-0.25, -0.2) is 4.79 Å². The van der Waals surface area contributed by atoms with E-state index in [9.17, 15) is 14.7 Å². The van der Waals surface area contributed by atoms with Gasteiger partial charge >= 0.3 is 24.8 Å². The zero-order valence-corrected chi connectivity index (χ0v) is 23.5. The molecule has 0 radical (unpaired) electrons. The first kappa shape index (κ1) is 30.7. The van der Waals surface area contributed by atoms with E-state index in [0.717, 1.165) is 22.3 Å². The molecular formula is C31H30LiN3O4S. The third kappa shape index (κ3) is 8.33. The van der Waals surface area contributed by atoms with Gasteiger partial charge in [0, 0.05) is 11.6 Å². The Balaban J connectivity index is 0.00000294. The summed E-state index contributed by atoms with van der Waals surface area (Å²) in [4.78, 5) is 25.0. The van der Waals surface area contributed by atoms with E-state index in [1.54, 1.807) is 12.1 Å². The second-order valence-electron chi connectivity index (χ2n) is 8.81. The normalized spacial score (nSPS) is 11.4. The van der Waals surface area contributed by atoms with Crippen LogP contribution < -0.4 is 28.9 Å². The second-order valence-corrected chi connectivity index (χ2v) is 9.80. The smallest absolute Gasteiger partial charge is 1.00 e. The standard InChI is InChI=1S/C31H29N3O4S.Li.H/c1-21-8-6-7-11-25(21)27-20-22(13-16-26(27)30(35)32-28(31(36)37)18-19-39-2)12-14-23-15-17-29(34-33-23)38-24-9-4-3-5-10-24;;/h3-17,20,28H,18-19H2,1-2H3,(H,32,35)(H,36,37);;/q;+1;-1/t28-;;/m0../s1. The van der Waals surface area contributed by atoms with Crippen LogP contribution in [-0.2, 0) is 4.79 Å². The SMILES string of the molecule is CSCC[C@H](NC(=O)c1ccc(C=Cc2ccc(Oc3ccccc3)nn2)cc1-c1ccccc1C)C(=O)O.[H-].[Li+]. The number of carboxylic acids is 1. The largest absolute Gasteiger partial charge is 1.00 e. The Kier molecular flexibility index (Phi) is 11.6. The molecule has 0 aliphatic rings. The van der Waals surface area contributed by atoms with Crippen molar-refractivity contribution in [2.75, 3.05) is 12.0 Å². The van der Waals surface area contributed by atoms with Gasteiger partial charge in [0.2, 0.25) is 5.88 Å². The predicted molar refractivity (Wildman–Crippen MR) is 157 cm³/mol. The minimum absolute atomic E-state index is 0. The van der Waals surface area contributed by atoms with Gasteiger partial charge in [0.15, 0.2) is 0 Å². The van der Waals surface area contributed by atoms with Crippen molar-refractivity contribution in [1.82, 2.24) is 15.5 Å². The van der Waals surface area contributed by atoms with Gasteiger partial charge in [0.05, 0.1) is 5.69 Å². The maximum Gasteiger partial charge on any atom is 1.00 e. The first-order valence-corrected chi connectivity index (χ1v) is 13.8. The quantitative estimate of drug-likeness (QED) is 0.277. The summed E-state index contributed by atoms with van der Waals surface area (Å²) < 4.78 is 5.70. The minimum Gasteiger partial charge on any atom is -1.00 e. The second kappa shape index (κ2) is 15.1. The van der Waals surface area contributed by atoms with E-state index in [1.165, 1.54) is 11.8 Å². The van der Waals surface area contributed by atoms with Crippen LogP contribution in [-0.4, -0.2) is 45.2 Å². The molecule has 2 N–H and O–H groups in total. The van der Waals surface area contributed by atoms with Gasteiger partial charge < -0.3 is 16.6 Å². The van der Waals surface area contributed by atoms with Crippen molar-refractivity contribution in [3.8, 4) is 22.8 Å². The molecule has 0 saturated carbocycles. The molecular weight excluding hydrogens is 517 g/mol. The number of benzene rings is 3. The molecule has 4 rings (SSSR count). The molecule has 0 saturated heterocycles. The van der Waals surface area contributed by atoms with E-state index in [4.69, 9.17) is 4.74 Å². The van der Waals surface area contributed by atoms with Crippen LogP contribution in [0.1, 0.15) is 35.0 Å². The van der Waals surface area contributed by atoms with E-state index in [2.05, 4.69) is 15.5 Å². The van der Waals surface area contributed by atoms with Gasteiger partial charge in [-0.3, -0.25) is 4.79 Å². The average Bonchev–Trinajstić information content (AvgIpc) is 2.95. The van der Waals surface area contributed by atoms with Gasteiger partial charge in [0.1, 0.15) is 11.8 Å². The number of ether oxygens (including phenoxy) is 1. The van der Waals surface area contributed by atoms with Crippen LogP contribution in [0.2, 0.25) is 0 Å². The fourth-order valence-electron chi connectivity index (χ4n) is 3.96. The van der Waals surface area contributed by atoms with Gasteiger partial charge in [-0.15, -0.1) is 10.2 Å². The van der Waals surface area contributed by atoms with E-state index in [-0.39, 0.29) is 20.3 Å². The summed E-state index contributed by atoms with van der Waals surface area (Å²) in [5.41, 5.74) is 4.54. The molecule has 3 aromatic carbocycles. The molecule has 1 atom stereocenters. The molecule has 1 heterocycles. The molecule has 0 bridgehead atoms. The molecule has 0 fully saturated rings. The summed E-state index contributed by atoms with van der Waals surface area (Å²) in [6.45, 7) is 1.98. The molecule has 200 valence electrons. The number of aliphatic carboxylic acids is 1. The zero-order valence-electron chi connectivity index (χ0n) is 23.7. The number of carbonyl (C=O) groups excluding carboxylic acids is 1. The summed E-state index contributed by atoms with van der Waals surface area (Å²) in [7, 11) is 0. The molecule has 4 aromatic rings. The first-order valence-electron chi connectivity index (χ1n) is 12.4. The van der Waals surface area contributed by atoms with Crippen molar-refractivity contribution >= 4 is 35.8 Å². The van der Waals surface area contributed by atoms with Crippen molar-refractivity contribution in [2.24, 2.45) is 0 Å². The number of nitrogens with zero attached hydrogens (tertiary/aromatic N) is 2. The maximum absolute atomic E-state index is 13.3. The van der Waals surface area contributed by atoms with E-state index < -0.39 is 17.9 Å². The summed E-state index contributed by atoms with van der Waals surface area (Å²) in [6.07, 6.45) is 5.98. The summed E-state index contributed by atoms with van der Waals surface area (Å²) >= 11 is 1.54. The summed E-state index contributed by atoms with van der Waals surface area (Å²) in [6, 6.07) is 25.2. The number of aromatic nitrogens is 2. The van der Waals surface area contributed by atoms with Gasteiger partial charge in [-0.05, 0) is 84.0 Å². The number of amides is 1. The molecule has 0 unspecified atom stereocenters. The van der Waals surface area contributed by atoms with Gasteiger partial charge in [-0.2, -0.15) is 11.8 Å². The number of aryl methyl sites for hydroxylation is 1. The van der Waals surface area contributed by atoms with Crippen molar-refractivity contribution < 1.29 is 39.7 Å². The molecule has 1 amide bonds. The van der Waals surface area contributed by atoms with E-state index in [1.807, 2.05) is 98.1 Å². The van der Waals surface area contributed by atoms with E-state index in [0.29, 0.717) is 35.1 Å². The molecule has 9 heteroatoms. The number of nitrogens with one attached hydrogen (secondary N) is 1. The maximum atomic E-state index is 13.3. The van der Waals surface area contributed by atoms with Crippen molar-refractivity contribution in [3.63, 3.8) is 0 Å². The van der Waals surface area contributed by atoms with Crippen LogP contribution in [0, 0.1) is 6.92 Å². The monoisotopic (exact) mass is 547 g/mol. The number of hydrogen-bond acceptors (Lipinski definition) is 6. The van der Waals surface area contributed by atoms with Crippen LogP contribution >= 0.6 is 11.8 Å². The predicted octanol–water partition coefficient (Wildman–Crippen LogP) is 3.47. The number of rotatable bonds is 11.